The third-order valence-electron chi connectivity index (χ3n) is 2.20. The van der Waals surface area contributed by atoms with Crippen LogP contribution >= 0.6 is 11.3 Å². The minimum Gasteiger partial charge on any atom is -0.393 e. The molecule has 108 valence electrons. The van der Waals surface area contributed by atoms with Crippen LogP contribution in [0.1, 0.15) is 31.7 Å². The van der Waals surface area contributed by atoms with E-state index in [-0.39, 0.29) is 11.0 Å². The molecule has 0 aliphatic carbocycles. The monoisotopic (exact) mass is 294 g/mol. The van der Waals surface area contributed by atoms with Crippen LogP contribution < -0.4 is 10.6 Å². The van der Waals surface area contributed by atoms with Crippen molar-refractivity contribution in [2.75, 3.05) is 11.9 Å². The lowest BCUT2D eigenvalue weighted by Crippen LogP contribution is -2.33. The molecule has 6 nitrogen and oxygen atoms in total. The van der Waals surface area contributed by atoms with Crippen molar-refractivity contribution in [1.29, 1.82) is 0 Å². The molecule has 1 aromatic heterocycles. The fourth-order valence-electron chi connectivity index (χ4n) is 1.45. The molecular formula is C10H16F2N4O2S. The second kappa shape index (κ2) is 7.29. The molecule has 0 saturated carbocycles. The number of halogens is 2. The number of hydrogen-bond donors (Lipinski definition) is 3. The number of aliphatic hydroxyl groups is 1. The Kier molecular flexibility index (Phi) is 6.03. The molecule has 1 heterocycles. The van der Waals surface area contributed by atoms with Crippen LogP contribution in [0.25, 0.3) is 0 Å². The van der Waals surface area contributed by atoms with Gasteiger partial charge in [-0.1, -0.05) is 18.3 Å². The van der Waals surface area contributed by atoms with Crippen LogP contribution in [-0.4, -0.2) is 34.0 Å². The smallest absolute Gasteiger partial charge is 0.321 e. The highest BCUT2D eigenvalue weighted by Crippen LogP contribution is 2.24. The van der Waals surface area contributed by atoms with Gasteiger partial charge in [-0.2, -0.15) is 0 Å². The minimum absolute atomic E-state index is 0.0241. The number of carbonyl (C=O) groups is 1. The van der Waals surface area contributed by atoms with Gasteiger partial charge in [-0.25, -0.2) is 13.6 Å². The summed E-state index contributed by atoms with van der Waals surface area (Å²) < 4.78 is 24.5. The number of rotatable bonds is 6. The molecule has 0 aromatic carbocycles. The average molecular weight is 294 g/mol. The normalized spacial score (nSPS) is 14.2. The predicted octanol–water partition coefficient (Wildman–Crippen LogP) is 2.00. The lowest BCUT2D eigenvalue weighted by Gasteiger charge is -2.13. The Labute approximate surface area is 113 Å². The van der Waals surface area contributed by atoms with Gasteiger partial charge in [0.05, 0.1) is 6.10 Å². The van der Waals surface area contributed by atoms with Crippen molar-refractivity contribution >= 4 is 22.5 Å². The van der Waals surface area contributed by atoms with E-state index in [4.69, 9.17) is 5.11 Å². The van der Waals surface area contributed by atoms with Crippen LogP contribution in [0.2, 0.25) is 0 Å². The van der Waals surface area contributed by atoms with E-state index in [1.165, 1.54) is 0 Å². The van der Waals surface area contributed by atoms with Crippen molar-refractivity contribution < 1.29 is 18.7 Å². The van der Waals surface area contributed by atoms with Crippen LogP contribution in [-0.2, 0) is 0 Å². The van der Waals surface area contributed by atoms with Crippen LogP contribution in [0.4, 0.5) is 18.7 Å². The highest BCUT2D eigenvalue weighted by molar-refractivity contribution is 7.15. The lowest BCUT2D eigenvalue weighted by atomic mass is 10.1. The number of carbonyl (C=O) groups excluding carboxylic acids is 1. The van der Waals surface area contributed by atoms with Crippen LogP contribution in [0, 0.1) is 5.92 Å². The topological polar surface area (TPSA) is 87.1 Å². The van der Waals surface area contributed by atoms with Gasteiger partial charge in [0, 0.05) is 6.54 Å². The molecule has 0 fully saturated rings. The maximum atomic E-state index is 12.2. The van der Waals surface area contributed by atoms with Gasteiger partial charge in [0.15, 0.2) is 5.01 Å². The summed E-state index contributed by atoms with van der Waals surface area (Å²) in [5.74, 6) is 0.108. The predicted molar refractivity (Wildman–Crippen MR) is 67.3 cm³/mol. The van der Waals surface area contributed by atoms with E-state index in [9.17, 15) is 13.6 Å². The van der Waals surface area contributed by atoms with Crippen molar-refractivity contribution in [3.05, 3.63) is 5.01 Å². The zero-order chi connectivity index (χ0) is 14.4. The van der Waals surface area contributed by atoms with E-state index in [0.29, 0.717) is 24.3 Å². The van der Waals surface area contributed by atoms with Crippen molar-refractivity contribution in [3.8, 4) is 0 Å². The summed E-state index contributed by atoms with van der Waals surface area (Å²) >= 11 is 0.630. The van der Waals surface area contributed by atoms with Crippen LogP contribution in [0.15, 0.2) is 0 Å². The van der Waals surface area contributed by atoms with Gasteiger partial charge < -0.3 is 10.4 Å². The molecule has 0 saturated heterocycles. The van der Waals surface area contributed by atoms with E-state index in [1.54, 1.807) is 6.92 Å². The summed E-state index contributed by atoms with van der Waals surface area (Å²) in [4.78, 5) is 11.4. The highest BCUT2D eigenvalue weighted by Gasteiger charge is 2.15. The molecule has 2 atom stereocenters. The lowest BCUT2D eigenvalue weighted by molar-refractivity contribution is 0.150. The number of hydrogen-bond acceptors (Lipinski definition) is 5. The zero-order valence-corrected chi connectivity index (χ0v) is 11.4. The number of nitrogens with one attached hydrogen (secondary N) is 2. The van der Waals surface area contributed by atoms with Gasteiger partial charge in [-0.15, -0.1) is 10.2 Å². The first-order chi connectivity index (χ1) is 8.88. The maximum Gasteiger partial charge on any atom is 0.321 e. The van der Waals surface area contributed by atoms with E-state index >= 15 is 0 Å². The summed E-state index contributed by atoms with van der Waals surface area (Å²) in [5, 5.41) is 20.3. The van der Waals surface area contributed by atoms with E-state index in [2.05, 4.69) is 20.8 Å². The first-order valence-corrected chi connectivity index (χ1v) is 6.54. The van der Waals surface area contributed by atoms with Crippen LogP contribution in [0.3, 0.4) is 0 Å². The average Bonchev–Trinajstić information content (AvgIpc) is 2.74. The second-order valence-corrected chi connectivity index (χ2v) is 5.28. The fourth-order valence-corrected chi connectivity index (χ4v) is 2.04. The summed E-state index contributed by atoms with van der Waals surface area (Å²) in [6.45, 7) is 3.92. The van der Waals surface area contributed by atoms with E-state index in [1.807, 2.05) is 6.92 Å². The third kappa shape index (κ3) is 5.88. The first-order valence-electron chi connectivity index (χ1n) is 5.73. The number of aromatic nitrogens is 2. The molecule has 0 bridgehead atoms. The summed E-state index contributed by atoms with van der Waals surface area (Å²) in [6.07, 6.45) is -2.56. The standard InChI is InChI=1S/C10H16F2N4O2S/c1-5(3-6(2)17)4-13-9(18)14-10-16-15-8(19-10)7(11)12/h5-7,17H,3-4H2,1-2H3,(H2,13,14,16,18). The number of anilines is 1. The van der Waals surface area contributed by atoms with E-state index in [0.717, 1.165) is 0 Å². The van der Waals surface area contributed by atoms with Crippen molar-refractivity contribution in [2.45, 2.75) is 32.8 Å². The highest BCUT2D eigenvalue weighted by atomic mass is 32.1. The third-order valence-corrected chi connectivity index (χ3v) is 3.05. The van der Waals surface area contributed by atoms with Gasteiger partial charge in [-0.3, -0.25) is 5.32 Å². The molecule has 1 rings (SSSR count). The van der Waals surface area contributed by atoms with Gasteiger partial charge in [0.25, 0.3) is 6.43 Å². The van der Waals surface area contributed by atoms with Crippen molar-refractivity contribution in [2.24, 2.45) is 5.92 Å². The Bertz CT molecular complexity index is 414. The molecular weight excluding hydrogens is 278 g/mol. The Hall–Kier alpha value is -1.35. The number of urea groups is 1. The minimum atomic E-state index is -2.69. The Balaban J connectivity index is 2.34. The number of amides is 2. The molecule has 0 spiro atoms. The summed E-state index contributed by atoms with van der Waals surface area (Å²) in [5.41, 5.74) is 0. The van der Waals surface area contributed by atoms with Crippen LogP contribution in [0.5, 0.6) is 0 Å². The Morgan fingerprint density at radius 1 is 1.42 bits per heavy atom. The molecule has 0 aliphatic heterocycles. The maximum absolute atomic E-state index is 12.2. The van der Waals surface area contributed by atoms with Gasteiger partial charge in [0.2, 0.25) is 5.13 Å². The Morgan fingerprint density at radius 3 is 2.63 bits per heavy atom. The quantitative estimate of drug-likeness (QED) is 0.749. The number of aliphatic hydroxyl groups excluding tert-OH is 1. The summed E-state index contributed by atoms with van der Waals surface area (Å²) in [7, 11) is 0. The van der Waals surface area contributed by atoms with Gasteiger partial charge in [0.1, 0.15) is 0 Å². The molecule has 9 heteroatoms. The molecule has 2 unspecified atom stereocenters. The SMILES string of the molecule is CC(O)CC(C)CNC(=O)Nc1nnc(C(F)F)s1. The molecule has 1 aromatic rings. The number of nitrogens with zero attached hydrogens (tertiary/aromatic N) is 2. The van der Waals surface area contributed by atoms with Crippen molar-refractivity contribution in [3.63, 3.8) is 0 Å². The van der Waals surface area contributed by atoms with E-state index < -0.39 is 23.6 Å². The molecule has 3 N–H and O–H groups in total. The molecule has 0 radical (unpaired) electrons. The van der Waals surface area contributed by atoms with Gasteiger partial charge >= 0.3 is 6.03 Å². The molecule has 19 heavy (non-hydrogen) atoms. The summed E-state index contributed by atoms with van der Waals surface area (Å²) in [6, 6.07) is -0.533. The van der Waals surface area contributed by atoms with Gasteiger partial charge in [-0.05, 0) is 19.3 Å². The number of alkyl halides is 2. The second-order valence-electron chi connectivity index (χ2n) is 4.27. The first kappa shape index (κ1) is 15.7. The molecule has 2 amide bonds. The fraction of sp³-hybridized carbons (Fsp3) is 0.700. The molecule has 0 aliphatic rings. The Morgan fingerprint density at radius 2 is 2.11 bits per heavy atom. The zero-order valence-electron chi connectivity index (χ0n) is 10.6. The largest absolute Gasteiger partial charge is 0.393 e. The van der Waals surface area contributed by atoms with Crippen molar-refractivity contribution in [1.82, 2.24) is 15.5 Å².